The number of carbonyl (C=O) groups excluding carboxylic acids is 1. The SMILES string of the molecule is C[C@@H](NC1CC1)C(=O)OC(C)(C)C. The van der Waals surface area contributed by atoms with Crippen molar-refractivity contribution in [1.29, 1.82) is 0 Å². The van der Waals surface area contributed by atoms with Crippen LogP contribution in [0.3, 0.4) is 0 Å². The van der Waals surface area contributed by atoms with Gasteiger partial charge in [-0.25, -0.2) is 0 Å². The zero-order valence-corrected chi connectivity index (χ0v) is 8.89. The predicted octanol–water partition coefficient (Wildman–Crippen LogP) is 1.47. The van der Waals surface area contributed by atoms with Gasteiger partial charge in [0.1, 0.15) is 11.6 Å². The first-order chi connectivity index (χ1) is 5.88. The molecule has 0 aromatic carbocycles. The average Bonchev–Trinajstić information content (AvgIpc) is 2.67. The van der Waals surface area contributed by atoms with E-state index < -0.39 is 0 Å². The quantitative estimate of drug-likeness (QED) is 0.677. The maximum absolute atomic E-state index is 11.4. The molecule has 1 aliphatic carbocycles. The van der Waals surface area contributed by atoms with E-state index in [1.54, 1.807) is 0 Å². The van der Waals surface area contributed by atoms with Crippen LogP contribution < -0.4 is 5.32 Å². The standard InChI is InChI=1S/C10H19NO2/c1-7(11-8-5-6-8)9(12)13-10(2,3)4/h7-8,11H,5-6H2,1-4H3/t7-/m1/s1. The number of carbonyl (C=O) groups is 1. The smallest absolute Gasteiger partial charge is 0.323 e. The van der Waals surface area contributed by atoms with E-state index in [9.17, 15) is 4.79 Å². The van der Waals surface area contributed by atoms with Crippen LogP contribution in [0.2, 0.25) is 0 Å². The first-order valence-electron chi connectivity index (χ1n) is 4.87. The van der Waals surface area contributed by atoms with Crippen LogP contribution in [-0.2, 0) is 9.53 Å². The molecule has 0 spiro atoms. The van der Waals surface area contributed by atoms with Gasteiger partial charge in [-0.05, 0) is 40.5 Å². The molecular formula is C10H19NO2. The topological polar surface area (TPSA) is 38.3 Å². The largest absolute Gasteiger partial charge is 0.459 e. The minimum atomic E-state index is -0.378. The fourth-order valence-corrected chi connectivity index (χ4v) is 1.06. The van der Waals surface area contributed by atoms with E-state index in [4.69, 9.17) is 4.74 Å². The van der Waals surface area contributed by atoms with Crippen molar-refractivity contribution >= 4 is 5.97 Å². The van der Waals surface area contributed by atoms with Crippen molar-refractivity contribution < 1.29 is 9.53 Å². The lowest BCUT2D eigenvalue weighted by Crippen LogP contribution is -2.40. The summed E-state index contributed by atoms with van der Waals surface area (Å²) in [5.41, 5.74) is -0.378. The van der Waals surface area contributed by atoms with Crippen molar-refractivity contribution in [1.82, 2.24) is 5.32 Å². The summed E-state index contributed by atoms with van der Waals surface area (Å²) in [4.78, 5) is 11.4. The highest BCUT2D eigenvalue weighted by atomic mass is 16.6. The van der Waals surface area contributed by atoms with Gasteiger partial charge in [0.05, 0.1) is 0 Å². The summed E-state index contributed by atoms with van der Waals surface area (Å²) < 4.78 is 5.23. The molecule has 1 fully saturated rings. The molecule has 0 aromatic rings. The maximum atomic E-state index is 11.4. The van der Waals surface area contributed by atoms with Crippen LogP contribution in [0.4, 0.5) is 0 Å². The molecule has 3 nitrogen and oxygen atoms in total. The Kier molecular flexibility index (Phi) is 2.96. The zero-order chi connectivity index (χ0) is 10.1. The van der Waals surface area contributed by atoms with E-state index in [-0.39, 0.29) is 17.6 Å². The molecule has 0 heterocycles. The van der Waals surface area contributed by atoms with E-state index in [0.29, 0.717) is 6.04 Å². The van der Waals surface area contributed by atoms with E-state index in [0.717, 1.165) is 0 Å². The lowest BCUT2D eigenvalue weighted by atomic mass is 10.2. The van der Waals surface area contributed by atoms with E-state index in [2.05, 4.69) is 5.32 Å². The summed E-state index contributed by atoms with van der Waals surface area (Å²) in [6.45, 7) is 7.50. The molecule has 1 N–H and O–H groups in total. The molecule has 0 amide bonds. The summed E-state index contributed by atoms with van der Waals surface area (Å²) in [7, 11) is 0. The van der Waals surface area contributed by atoms with Crippen molar-refractivity contribution in [3.05, 3.63) is 0 Å². The van der Waals surface area contributed by atoms with E-state index in [1.807, 2.05) is 27.7 Å². The highest BCUT2D eigenvalue weighted by molar-refractivity contribution is 5.75. The Morgan fingerprint density at radius 3 is 2.38 bits per heavy atom. The fraction of sp³-hybridized carbons (Fsp3) is 0.900. The summed E-state index contributed by atoms with van der Waals surface area (Å²) in [6, 6.07) is 0.370. The summed E-state index contributed by atoms with van der Waals surface area (Å²) >= 11 is 0. The third-order valence-electron chi connectivity index (χ3n) is 1.82. The summed E-state index contributed by atoms with van der Waals surface area (Å²) in [5.74, 6) is -0.153. The van der Waals surface area contributed by atoms with E-state index >= 15 is 0 Å². The molecule has 0 saturated heterocycles. The van der Waals surface area contributed by atoms with Gasteiger partial charge in [-0.3, -0.25) is 4.79 Å². The molecule has 76 valence electrons. The van der Waals surface area contributed by atoms with Gasteiger partial charge in [-0.1, -0.05) is 0 Å². The molecule has 1 saturated carbocycles. The number of hydrogen-bond acceptors (Lipinski definition) is 3. The van der Waals surface area contributed by atoms with Gasteiger partial charge in [-0.15, -0.1) is 0 Å². The second-order valence-electron chi connectivity index (χ2n) is 4.70. The Hall–Kier alpha value is -0.570. The highest BCUT2D eigenvalue weighted by Crippen LogP contribution is 2.20. The highest BCUT2D eigenvalue weighted by Gasteiger charge is 2.28. The molecule has 0 radical (unpaired) electrons. The molecule has 0 unspecified atom stereocenters. The molecule has 1 atom stereocenters. The van der Waals surface area contributed by atoms with Gasteiger partial charge in [0, 0.05) is 6.04 Å². The second kappa shape index (κ2) is 3.66. The van der Waals surface area contributed by atoms with Gasteiger partial charge < -0.3 is 10.1 Å². The molecule has 0 aliphatic heterocycles. The van der Waals surface area contributed by atoms with Crippen molar-refractivity contribution in [3.8, 4) is 0 Å². The fourth-order valence-electron chi connectivity index (χ4n) is 1.06. The van der Waals surface area contributed by atoms with Crippen LogP contribution in [-0.4, -0.2) is 23.7 Å². The van der Waals surface area contributed by atoms with Crippen molar-refractivity contribution in [2.24, 2.45) is 0 Å². The van der Waals surface area contributed by atoms with Crippen molar-refractivity contribution in [3.63, 3.8) is 0 Å². The van der Waals surface area contributed by atoms with Gasteiger partial charge in [0.25, 0.3) is 0 Å². The van der Waals surface area contributed by atoms with Gasteiger partial charge in [0.2, 0.25) is 0 Å². The molecule has 0 aromatic heterocycles. The average molecular weight is 185 g/mol. The molecule has 3 heteroatoms. The molecule has 13 heavy (non-hydrogen) atoms. The van der Waals surface area contributed by atoms with Gasteiger partial charge in [0.15, 0.2) is 0 Å². The molecular weight excluding hydrogens is 166 g/mol. The second-order valence-corrected chi connectivity index (χ2v) is 4.70. The number of esters is 1. The minimum absolute atomic E-state index is 0.153. The first-order valence-corrected chi connectivity index (χ1v) is 4.87. The Labute approximate surface area is 79.8 Å². The van der Waals surface area contributed by atoms with Crippen LogP contribution in [0.25, 0.3) is 0 Å². The summed E-state index contributed by atoms with van der Waals surface area (Å²) in [6.07, 6.45) is 2.38. The lowest BCUT2D eigenvalue weighted by molar-refractivity contribution is -0.157. The number of ether oxygens (including phenoxy) is 1. The molecule has 1 rings (SSSR count). The Bertz CT molecular complexity index is 192. The zero-order valence-electron chi connectivity index (χ0n) is 8.89. The van der Waals surface area contributed by atoms with Crippen LogP contribution >= 0.6 is 0 Å². The Morgan fingerprint density at radius 1 is 1.46 bits per heavy atom. The maximum Gasteiger partial charge on any atom is 0.323 e. The first kappa shape index (κ1) is 10.5. The third kappa shape index (κ3) is 4.27. The van der Waals surface area contributed by atoms with Crippen LogP contribution in [0, 0.1) is 0 Å². The lowest BCUT2D eigenvalue weighted by Gasteiger charge is -2.22. The molecule has 0 bridgehead atoms. The van der Waals surface area contributed by atoms with E-state index in [1.165, 1.54) is 12.8 Å². The number of rotatable bonds is 3. The number of hydrogen-bond donors (Lipinski definition) is 1. The Morgan fingerprint density at radius 2 is 2.00 bits per heavy atom. The van der Waals surface area contributed by atoms with Crippen LogP contribution in [0.1, 0.15) is 40.5 Å². The number of nitrogens with one attached hydrogen (secondary N) is 1. The summed E-state index contributed by atoms with van der Waals surface area (Å²) in [5, 5.41) is 3.20. The van der Waals surface area contributed by atoms with Gasteiger partial charge in [-0.2, -0.15) is 0 Å². The predicted molar refractivity (Wildman–Crippen MR) is 51.5 cm³/mol. The van der Waals surface area contributed by atoms with Crippen LogP contribution in [0.15, 0.2) is 0 Å². The molecule has 1 aliphatic rings. The normalized spacial score (nSPS) is 19.7. The van der Waals surface area contributed by atoms with Gasteiger partial charge >= 0.3 is 5.97 Å². The van der Waals surface area contributed by atoms with Crippen molar-refractivity contribution in [2.45, 2.75) is 58.2 Å². The Balaban J connectivity index is 2.28. The van der Waals surface area contributed by atoms with Crippen LogP contribution in [0.5, 0.6) is 0 Å². The van der Waals surface area contributed by atoms with Crippen molar-refractivity contribution in [2.75, 3.05) is 0 Å². The minimum Gasteiger partial charge on any atom is -0.459 e. The third-order valence-corrected chi connectivity index (χ3v) is 1.82. The monoisotopic (exact) mass is 185 g/mol.